The van der Waals surface area contributed by atoms with Gasteiger partial charge >= 0.3 is 0 Å². The fourth-order valence-corrected chi connectivity index (χ4v) is 2.80. The molecule has 4 heteroatoms. The minimum Gasteiger partial charge on any atom is -0.493 e. The van der Waals surface area contributed by atoms with E-state index in [1.165, 1.54) is 11.1 Å². The maximum absolute atomic E-state index is 5.43. The van der Waals surface area contributed by atoms with Crippen molar-refractivity contribution < 1.29 is 9.47 Å². The zero-order valence-electron chi connectivity index (χ0n) is 12.5. The van der Waals surface area contributed by atoms with E-state index in [4.69, 9.17) is 9.47 Å². The van der Waals surface area contributed by atoms with Crippen LogP contribution in [0.2, 0.25) is 0 Å². The molecule has 1 heterocycles. The molecule has 1 aromatic carbocycles. The second-order valence-corrected chi connectivity index (χ2v) is 5.39. The third kappa shape index (κ3) is 2.69. The lowest BCUT2D eigenvalue weighted by Gasteiger charge is -2.39. The van der Waals surface area contributed by atoms with E-state index in [0.29, 0.717) is 12.0 Å². The van der Waals surface area contributed by atoms with Crippen LogP contribution in [-0.2, 0) is 0 Å². The van der Waals surface area contributed by atoms with E-state index >= 15 is 0 Å². The number of ether oxygens (including phenoxy) is 2. The molecule has 1 unspecified atom stereocenters. The van der Waals surface area contributed by atoms with Crippen LogP contribution < -0.4 is 14.8 Å². The molecule has 0 saturated carbocycles. The Kier molecular flexibility index (Phi) is 4.32. The average Bonchev–Trinajstić information content (AvgIpc) is 2.33. The number of hydrogen-bond acceptors (Lipinski definition) is 4. The maximum atomic E-state index is 5.43. The van der Waals surface area contributed by atoms with E-state index in [2.05, 4.69) is 43.4 Å². The molecule has 19 heavy (non-hydrogen) atoms. The third-order valence-electron chi connectivity index (χ3n) is 3.91. The first-order chi connectivity index (χ1) is 9.08. The van der Waals surface area contributed by atoms with Crippen LogP contribution in [0.1, 0.15) is 17.2 Å². The molecular formula is C15H24N2O2. The van der Waals surface area contributed by atoms with Gasteiger partial charge in [0.1, 0.15) is 0 Å². The van der Waals surface area contributed by atoms with Crippen LogP contribution in [-0.4, -0.2) is 46.3 Å². The minimum atomic E-state index is 0.418. The molecule has 1 atom stereocenters. The molecular weight excluding hydrogens is 240 g/mol. The summed E-state index contributed by atoms with van der Waals surface area (Å²) in [7, 11) is 7.64. The summed E-state index contributed by atoms with van der Waals surface area (Å²) in [6, 6.07) is 4.61. The molecule has 0 aromatic heterocycles. The molecule has 0 bridgehead atoms. The predicted octanol–water partition coefficient (Wildman–Crippen LogP) is 1.83. The van der Waals surface area contributed by atoms with Gasteiger partial charge in [0.25, 0.3) is 0 Å². The van der Waals surface area contributed by atoms with Gasteiger partial charge in [0.2, 0.25) is 0 Å². The first kappa shape index (κ1) is 14.2. The maximum Gasteiger partial charge on any atom is 0.161 e. The molecule has 0 aliphatic carbocycles. The van der Waals surface area contributed by atoms with Crippen molar-refractivity contribution in [1.82, 2.24) is 10.2 Å². The first-order valence-electron chi connectivity index (χ1n) is 6.68. The Morgan fingerprint density at radius 3 is 2.16 bits per heavy atom. The number of hydrogen-bond donors (Lipinski definition) is 1. The Hall–Kier alpha value is -1.26. The molecule has 1 aliphatic rings. The summed E-state index contributed by atoms with van der Waals surface area (Å²) in [5.74, 6) is 2.27. The van der Waals surface area contributed by atoms with Crippen molar-refractivity contribution in [2.75, 3.05) is 41.4 Å². The van der Waals surface area contributed by atoms with E-state index in [-0.39, 0.29) is 0 Å². The lowest BCUT2D eigenvalue weighted by atomic mass is 9.85. The van der Waals surface area contributed by atoms with Crippen molar-refractivity contribution in [3.05, 3.63) is 23.3 Å². The predicted molar refractivity (Wildman–Crippen MR) is 77.1 cm³/mol. The average molecular weight is 264 g/mol. The van der Waals surface area contributed by atoms with Crippen LogP contribution >= 0.6 is 0 Å². The van der Waals surface area contributed by atoms with E-state index in [0.717, 1.165) is 24.6 Å². The van der Waals surface area contributed by atoms with Crippen LogP contribution in [0, 0.1) is 12.8 Å². The molecule has 1 N–H and O–H groups in total. The minimum absolute atomic E-state index is 0.418. The van der Waals surface area contributed by atoms with Gasteiger partial charge in [-0.05, 0) is 44.3 Å². The smallest absolute Gasteiger partial charge is 0.161 e. The molecule has 4 nitrogen and oxygen atoms in total. The van der Waals surface area contributed by atoms with Crippen LogP contribution in [0.4, 0.5) is 0 Å². The van der Waals surface area contributed by atoms with E-state index in [1.807, 2.05) is 0 Å². The highest BCUT2D eigenvalue weighted by atomic mass is 16.5. The fourth-order valence-electron chi connectivity index (χ4n) is 2.80. The van der Waals surface area contributed by atoms with Crippen molar-refractivity contribution in [2.45, 2.75) is 13.0 Å². The van der Waals surface area contributed by atoms with Gasteiger partial charge in [-0.2, -0.15) is 0 Å². The number of benzene rings is 1. The Balaban J connectivity index is 2.41. The second kappa shape index (κ2) is 5.80. The van der Waals surface area contributed by atoms with Gasteiger partial charge in [-0.15, -0.1) is 0 Å². The summed E-state index contributed by atoms with van der Waals surface area (Å²) in [6.07, 6.45) is 0. The van der Waals surface area contributed by atoms with E-state index in [9.17, 15) is 0 Å². The molecule has 1 saturated heterocycles. The zero-order chi connectivity index (χ0) is 14.0. The molecule has 0 spiro atoms. The summed E-state index contributed by atoms with van der Waals surface area (Å²) < 4.78 is 10.8. The van der Waals surface area contributed by atoms with Crippen LogP contribution in [0.25, 0.3) is 0 Å². The van der Waals surface area contributed by atoms with Crippen molar-refractivity contribution >= 4 is 0 Å². The van der Waals surface area contributed by atoms with Gasteiger partial charge in [-0.25, -0.2) is 0 Å². The molecule has 1 aliphatic heterocycles. The lowest BCUT2D eigenvalue weighted by molar-refractivity contribution is 0.160. The van der Waals surface area contributed by atoms with Gasteiger partial charge in [0.05, 0.1) is 14.2 Å². The van der Waals surface area contributed by atoms with Crippen molar-refractivity contribution in [3.8, 4) is 11.5 Å². The van der Waals surface area contributed by atoms with Crippen molar-refractivity contribution in [1.29, 1.82) is 0 Å². The normalized spacial score (nSPS) is 17.2. The van der Waals surface area contributed by atoms with E-state index in [1.54, 1.807) is 14.2 Å². The summed E-state index contributed by atoms with van der Waals surface area (Å²) in [5.41, 5.74) is 2.58. The van der Waals surface area contributed by atoms with Crippen molar-refractivity contribution in [3.63, 3.8) is 0 Å². The van der Waals surface area contributed by atoms with Gasteiger partial charge in [0, 0.05) is 25.0 Å². The number of nitrogens with one attached hydrogen (secondary N) is 1. The van der Waals surface area contributed by atoms with Gasteiger partial charge in [0.15, 0.2) is 11.5 Å². The standard InChI is InChI=1S/C15H24N2O2/c1-10-6-13(18-4)14(19-5)7-12(10)15(17(2)3)11-8-16-9-11/h6-7,11,15-16H,8-9H2,1-5H3. The molecule has 1 aromatic rings. The largest absolute Gasteiger partial charge is 0.493 e. The van der Waals surface area contributed by atoms with Gasteiger partial charge < -0.3 is 19.7 Å². The summed E-state index contributed by atoms with van der Waals surface area (Å²) in [6.45, 7) is 4.30. The number of methoxy groups -OCH3 is 2. The zero-order valence-corrected chi connectivity index (χ0v) is 12.5. The molecule has 106 valence electrons. The van der Waals surface area contributed by atoms with Gasteiger partial charge in [-0.3, -0.25) is 0 Å². The third-order valence-corrected chi connectivity index (χ3v) is 3.91. The highest BCUT2D eigenvalue weighted by Crippen LogP contribution is 2.37. The molecule has 0 radical (unpaired) electrons. The highest BCUT2D eigenvalue weighted by Gasteiger charge is 2.31. The molecule has 1 fully saturated rings. The summed E-state index contributed by atoms with van der Waals surface area (Å²) >= 11 is 0. The Labute approximate surface area is 115 Å². The monoisotopic (exact) mass is 264 g/mol. The Morgan fingerprint density at radius 1 is 1.16 bits per heavy atom. The van der Waals surface area contributed by atoms with Crippen LogP contribution in [0.3, 0.4) is 0 Å². The number of rotatable bonds is 5. The topological polar surface area (TPSA) is 33.7 Å². The Morgan fingerprint density at radius 2 is 1.74 bits per heavy atom. The quantitative estimate of drug-likeness (QED) is 0.880. The highest BCUT2D eigenvalue weighted by molar-refractivity contribution is 5.48. The number of aryl methyl sites for hydroxylation is 1. The summed E-state index contributed by atoms with van der Waals surface area (Å²) in [5, 5.41) is 3.35. The number of nitrogens with zero attached hydrogens (tertiary/aromatic N) is 1. The lowest BCUT2D eigenvalue weighted by Crippen LogP contribution is -2.48. The SMILES string of the molecule is COc1cc(C)c(C(C2CNC2)N(C)C)cc1OC. The van der Waals surface area contributed by atoms with E-state index < -0.39 is 0 Å². The first-order valence-corrected chi connectivity index (χ1v) is 6.68. The van der Waals surface area contributed by atoms with Gasteiger partial charge in [-0.1, -0.05) is 0 Å². The molecule has 2 rings (SSSR count). The fraction of sp³-hybridized carbons (Fsp3) is 0.600. The van der Waals surface area contributed by atoms with Crippen molar-refractivity contribution in [2.24, 2.45) is 5.92 Å². The Bertz CT molecular complexity index is 442. The summed E-state index contributed by atoms with van der Waals surface area (Å²) in [4.78, 5) is 2.29. The van der Waals surface area contributed by atoms with Crippen LogP contribution in [0.5, 0.6) is 11.5 Å². The molecule has 0 amide bonds. The second-order valence-electron chi connectivity index (χ2n) is 5.39. The van der Waals surface area contributed by atoms with Crippen LogP contribution in [0.15, 0.2) is 12.1 Å².